The molecule has 0 aromatic heterocycles. The van der Waals surface area contributed by atoms with E-state index >= 15 is 0 Å². The van der Waals surface area contributed by atoms with Gasteiger partial charge in [-0.15, -0.1) is 0 Å². The van der Waals surface area contributed by atoms with Gasteiger partial charge in [0.2, 0.25) is 23.6 Å². The highest BCUT2D eigenvalue weighted by molar-refractivity contribution is 5.84. The lowest BCUT2D eigenvalue weighted by atomic mass is 10.0. The Balaban J connectivity index is 3.65. The number of amides is 4. The number of nitrogens with one attached hydrogen (secondary N) is 5. The van der Waals surface area contributed by atoms with Crippen LogP contribution in [0.4, 0.5) is 0 Å². The molecule has 0 rings (SSSR count). The molecule has 0 saturated heterocycles. The lowest BCUT2D eigenvalue weighted by Gasteiger charge is -2.14. The minimum absolute atomic E-state index is 0.0329. The molecule has 0 radical (unpaired) electrons. The van der Waals surface area contributed by atoms with Crippen molar-refractivity contribution in [2.75, 3.05) is 72.5 Å². The summed E-state index contributed by atoms with van der Waals surface area (Å²) >= 11 is 0. The molecule has 0 aromatic carbocycles. The summed E-state index contributed by atoms with van der Waals surface area (Å²) in [6.07, 6.45) is 16.9. The second kappa shape index (κ2) is 41.4. The van der Waals surface area contributed by atoms with E-state index in [9.17, 15) is 38.7 Å². The zero-order valence-electron chi connectivity index (χ0n) is 36.2. The summed E-state index contributed by atoms with van der Waals surface area (Å²) in [5, 5.41) is 37.6. The number of rotatable bonds is 45. The van der Waals surface area contributed by atoms with E-state index in [-0.39, 0.29) is 115 Å². The first-order valence-electron chi connectivity index (χ1n) is 22.0. The van der Waals surface area contributed by atoms with Gasteiger partial charge in [-0.05, 0) is 38.5 Å². The van der Waals surface area contributed by atoms with Crippen LogP contribution in [0.25, 0.3) is 0 Å². The maximum absolute atomic E-state index is 12.3. The van der Waals surface area contributed by atoms with E-state index in [1.807, 2.05) is 0 Å². The van der Waals surface area contributed by atoms with E-state index in [2.05, 4.69) is 26.7 Å². The van der Waals surface area contributed by atoms with Crippen LogP contribution >= 0.6 is 0 Å². The molecule has 0 heterocycles. The third-order valence-electron chi connectivity index (χ3n) is 9.43. The minimum Gasteiger partial charge on any atom is -0.481 e. The number of carbonyl (C=O) groups excluding carboxylic acids is 4. The van der Waals surface area contributed by atoms with E-state index in [1.54, 1.807) is 0 Å². The Labute approximate surface area is 360 Å². The Hall–Kier alpha value is -3.95. The van der Waals surface area contributed by atoms with Crippen LogP contribution in [0.2, 0.25) is 0 Å². The molecule has 0 fully saturated rings. The average molecular weight is 877 g/mol. The molecule has 0 aliphatic carbocycles. The SMILES string of the molecule is NNC(CCCCNC(=O)COCCOCCNC(=O)COCCOCCNC(=O)CCC(NC(=O)CCCCCCCCCCCCCCCCC(=O)O)C(=O)O)C(=O)O. The lowest BCUT2D eigenvalue weighted by Crippen LogP contribution is -2.41. The van der Waals surface area contributed by atoms with E-state index in [4.69, 9.17) is 35.0 Å². The van der Waals surface area contributed by atoms with Crippen LogP contribution in [0.1, 0.15) is 135 Å². The van der Waals surface area contributed by atoms with Gasteiger partial charge in [-0.2, -0.15) is 0 Å². The molecule has 0 bridgehead atoms. The quantitative estimate of drug-likeness (QED) is 0.0241. The average Bonchev–Trinajstić information content (AvgIpc) is 3.22. The maximum Gasteiger partial charge on any atom is 0.326 e. The molecule has 0 saturated carbocycles. The smallest absolute Gasteiger partial charge is 0.326 e. The van der Waals surface area contributed by atoms with Crippen molar-refractivity contribution < 1.29 is 67.8 Å². The number of hydrogen-bond acceptors (Lipinski definition) is 13. The molecule has 0 aliphatic heterocycles. The van der Waals surface area contributed by atoms with Crippen LogP contribution in [0, 0.1) is 0 Å². The highest BCUT2D eigenvalue weighted by Gasteiger charge is 2.21. The highest BCUT2D eigenvalue weighted by atomic mass is 16.5. The van der Waals surface area contributed by atoms with Crippen molar-refractivity contribution in [3.8, 4) is 0 Å². The minimum atomic E-state index is -1.19. The lowest BCUT2D eigenvalue weighted by molar-refractivity contribution is -0.142. The molecule has 354 valence electrons. The molecule has 0 aromatic rings. The summed E-state index contributed by atoms with van der Waals surface area (Å²) in [6.45, 7) is 1.74. The van der Waals surface area contributed by atoms with Crippen molar-refractivity contribution >= 4 is 41.5 Å². The first kappa shape index (κ1) is 57.1. The molecular weight excluding hydrogens is 800 g/mol. The molecule has 2 unspecified atom stereocenters. The number of aliphatic carboxylic acids is 3. The highest BCUT2D eigenvalue weighted by Crippen LogP contribution is 2.14. The predicted octanol–water partition coefficient (Wildman–Crippen LogP) is 2.16. The fourth-order valence-electron chi connectivity index (χ4n) is 5.95. The predicted molar refractivity (Wildman–Crippen MR) is 225 cm³/mol. The van der Waals surface area contributed by atoms with Crippen LogP contribution in [-0.2, 0) is 52.5 Å². The van der Waals surface area contributed by atoms with Crippen molar-refractivity contribution in [3.63, 3.8) is 0 Å². The number of carbonyl (C=O) groups is 7. The van der Waals surface area contributed by atoms with Gasteiger partial charge in [-0.1, -0.05) is 77.0 Å². The second-order valence-electron chi connectivity index (χ2n) is 14.8. The Morgan fingerprint density at radius 2 is 0.836 bits per heavy atom. The van der Waals surface area contributed by atoms with Gasteiger partial charge in [-0.25, -0.2) is 10.2 Å². The van der Waals surface area contributed by atoms with Crippen LogP contribution in [0.3, 0.4) is 0 Å². The van der Waals surface area contributed by atoms with Gasteiger partial charge in [0.05, 0.1) is 39.6 Å². The molecule has 2 atom stereocenters. The van der Waals surface area contributed by atoms with Gasteiger partial charge in [0.15, 0.2) is 0 Å². The summed E-state index contributed by atoms with van der Waals surface area (Å²) in [5.74, 6) is 0.912. The number of nitrogens with two attached hydrogens (primary N) is 1. The van der Waals surface area contributed by atoms with Crippen LogP contribution in [0.5, 0.6) is 0 Å². The zero-order chi connectivity index (χ0) is 45.2. The van der Waals surface area contributed by atoms with Gasteiger partial charge in [0, 0.05) is 38.9 Å². The van der Waals surface area contributed by atoms with Crippen molar-refractivity contribution in [2.45, 2.75) is 147 Å². The van der Waals surface area contributed by atoms with Gasteiger partial charge < -0.3 is 55.5 Å². The Bertz CT molecular complexity index is 1200. The molecule has 20 heteroatoms. The second-order valence-corrected chi connectivity index (χ2v) is 14.8. The fraction of sp³-hybridized carbons (Fsp3) is 0.829. The topological polar surface area (TPSA) is 303 Å². The third-order valence-corrected chi connectivity index (χ3v) is 9.43. The Morgan fingerprint density at radius 3 is 1.30 bits per heavy atom. The van der Waals surface area contributed by atoms with Gasteiger partial charge >= 0.3 is 17.9 Å². The molecule has 4 amide bonds. The van der Waals surface area contributed by atoms with Crippen molar-refractivity contribution in [3.05, 3.63) is 0 Å². The normalized spacial score (nSPS) is 12.0. The van der Waals surface area contributed by atoms with Gasteiger partial charge in [-0.3, -0.25) is 34.6 Å². The van der Waals surface area contributed by atoms with Gasteiger partial charge in [0.25, 0.3) is 0 Å². The first-order chi connectivity index (χ1) is 29.5. The fourth-order valence-corrected chi connectivity index (χ4v) is 5.95. The van der Waals surface area contributed by atoms with Crippen molar-refractivity contribution in [1.29, 1.82) is 0 Å². The molecule has 10 N–H and O–H groups in total. The largest absolute Gasteiger partial charge is 0.481 e. The summed E-state index contributed by atoms with van der Waals surface area (Å²) in [5.41, 5.74) is 2.22. The van der Waals surface area contributed by atoms with E-state index < -0.39 is 30.0 Å². The van der Waals surface area contributed by atoms with Crippen molar-refractivity contribution in [2.24, 2.45) is 5.84 Å². The molecule has 61 heavy (non-hydrogen) atoms. The van der Waals surface area contributed by atoms with E-state index in [0.717, 1.165) is 44.9 Å². The number of ether oxygens (including phenoxy) is 4. The molecule has 0 aliphatic rings. The first-order valence-corrected chi connectivity index (χ1v) is 22.0. The zero-order valence-corrected chi connectivity index (χ0v) is 36.2. The number of hydrogen-bond donors (Lipinski definition) is 9. The number of unbranched alkanes of at least 4 members (excludes halogenated alkanes) is 14. The van der Waals surface area contributed by atoms with Crippen LogP contribution in [0.15, 0.2) is 0 Å². The van der Waals surface area contributed by atoms with Crippen LogP contribution in [-0.4, -0.2) is 141 Å². The number of carboxylic acids is 3. The monoisotopic (exact) mass is 877 g/mol. The molecule has 20 nitrogen and oxygen atoms in total. The van der Waals surface area contributed by atoms with Crippen molar-refractivity contribution in [1.82, 2.24) is 26.7 Å². The molecule has 0 spiro atoms. The molecular formula is C41H76N6O14. The number of hydrazine groups is 1. The van der Waals surface area contributed by atoms with E-state index in [0.29, 0.717) is 32.2 Å². The van der Waals surface area contributed by atoms with E-state index in [1.165, 1.54) is 38.5 Å². The Kier molecular flexibility index (Phi) is 38.7. The summed E-state index contributed by atoms with van der Waals surface area (Å²) in [6, 6.07) is -1.96. The Morgan fingerprint density at radius 1 is 0.410 bits per heavy atom. The third kappa shape index (κ3) is 39.9. The number of carboxylic acid groups (broad SMARTS) is 3. The summed E-state index contributed by atoms with van der Waals surface area (Å²) in [7, 11) is 0. The summed E-state index contributed by atoms with van der Waals surface area (Å²) < 4.78 is 21.2. The summed E-state index contributed by atoms with van der Waals surface area (Å²) in [4.78, 5) is 81.2. The standard InChI is InChI=1S/C41H76N6O14/c42-47-34(41(56)57)17-15-16-22-43-37(50)31-60-29-28-59-26-24-45-38(51)32-61-30-27-58-25-23-44-35(48)21-20-33(40(54)55)46-36(49)18-13-11-9-7-5-3-1-2-4-6-8-10-12-14-19-39(52)53/h33-34,47H,1-32,42H2,(H,43,50)(H,44,48)(H,45,51)(H,46,49)(H,52,53)(H,54,55)(H,56,57). The van der Waals surface area contributed by atoms with Crippen LogP contribution < -0.4 is 32.5 Å². The van der Waals surface area contributed by atoms with Gasteiger partial charge in [0.1, 0.15) is 25.3 Å². The maximum atomic E-state index is 12.3.